The van der Waals surface area contributed by atoms with Crippen molar-refractivity contribution in [3.8, 4) is 0 Å². The molecule has 0 aromatic heterocycles. The third-order valence-corrected chi connectivity index (χ3v) is 6.04. The van der Waals surface area contributed by atoms with Crippen LogP contribution in [0.3, 0.4) is 0 Å². The third kappa shape index (κ3) is 3.20. The molecule has 1 heterocycles. The van der Waals surface area contributed by atoms with Gasteiger partial charge < -0.3 is 10.2 Å². The number of carbonyl (C=O) groups excluding carboxylic acids is 1. The minimum absolute atomic E-state index is 0.00629. The lowest BCUT2D eigenvalue weighted by Crippen LogP contribution is -2.48. The minimum atomic E-state index is -3.02. The first kappa shape index (κ1) is 15.6. The van der Waals surface area contributed by atoms with E-state index in [4.69, 9.17) is 11.6 Å². The average molecular weight is 347 g/mol. The van der Waals surface area contributed by atoms with Gasteiger partial charge in [-0.05, 0) is 18.6 Å². The van der Waals surface area contributed by atoms with Gasteiger partial charge in [-0.3, -0.25) is 0 Å². The van der Waals surface area contributed by atoms with Gasteiger partial charge in [0.15, 0.2) is 9.84 Å². The summed E-state index contributed by atoms with van der Waals surface area (Å²) in [6.45, 7) is 0.401. The second-order valence-corrected chi connectivity index (χ2v) is 8.38. The zero-order valence-electron chi connectivity index (χ0n) is 11.8. The zero-order valence-corrected chi connectivity index (χ0v) is 13.3. The Morgan fingerprint density at radius 2 is 2.00 bits per heavy atom. The van der Waals surface area contributed by atoms with Gasteiger partial charge in [-0.1, -0.05) is 17.7 Å². The normalized spacial score (nSPS) is 26.5. The highest BCUT2D eigenvalue weighted by Crippen LogP contribution is 2.44. The summed E-state index contributed by atoms with van der Waals surface area (Å²) in [5.74, 6) is -0.495. The highest BCUT2D eigenvalue weighted by atomic mass is 35.5. The van der Waals surface area contributed by atoms with Crippen LogP contribution in [0.5, 0.6) is 0 Å². The van der Waals surface area contributed by atoms with Crippen molar-refractivity contribution < 1.29 is 17.6 Å². The number of rotatable bonds is 2. The van der Waals surface area contributed by atoms with E-state index in [1.165, 1.54) is 11.0 Å². The first-order chi connectivity index (χ1) is 10.4. The number of carbonyl (C=O) groups is 1. The van der Waals surface area contributed by atoms with E-state index in [0.29, 0.717) is 17.0 Å². The molecule has 2 atom stereocenters. The second kappa shape index (κ2) is 5.70. The van der Waals surface area contributed by atoms with Crippen LogP contribution in [0.4, 0.5) is 9.18 Å². The van der Waals surface area contributed by atoms with Gasteiger partial charge in [-0.2, -0.15) is 0 Å². The van der Waals surface area contributed by atoms with E-state index >= 15 is 0 Å². The first-order valence-electron chi connectivity index (χ1n) is 7.07. The van der Waals surface area contributed by atoms with E-state index in [1.807, 2.05) is 0 Å². The summed E-state index contributed by atoms with van der Waals surface area (Å²) >= 11 is 6.02. The number of urea groups is 1. The summed E-state index contributed by atoms with van der Waals surface area (Å²) < 4.78 is 36.5. The molecule has 120 valence electrons. The van der Waals surface area contributed by atoms with Gasteiger partial charge in [0.1, 0.15) is 5.82 Å². The molecule has 5 nitrogen and oxygen atoms in total. The standard InChI is InChI=1S/C14H16ClFN2O3S/c15-10-2-1-3-11(16)13(10)9-8-12(9)17-14(19)18-4-6-22(20,21)7-5-18/h1-3,9,12H,4-8H2,(H,17,19)/t9-,12-/m1/s1. The highest BCUT2D eigenvalue weighted by molar-refractivity contribution is 7.91. The summed E-state index contributed by atoms with van der Waals surface area (Å²) in [5, 5.41) is 3.19. The monoisotopic (exact) mass is 346 g/mol. The van der Waals surface area contributed by atoms with Crippen molar-refractivity contribution in [1.29, 1.82) is 0 Å². The molecule has 1 saturated heterocycles. The molecule has 0 bridgehead atoms. The lowest BCUT2D eigenvalue weighted by molar-refractivity contribution is 0.201. The van der Waals surface area contributed by atoms with Crippen LogP contribution < -0.4 is 5.32 Å². The van der Waals surface area contributed by atoms with Gasteiger partial charge in [0.2, 0.25) is 0 Å². The van der Waals surface area contributed by atoms with Gasteiger partial charge >= 0.3 is 6.03 Å². The maximum Gasteiger partial charge on any atom is 0.317 e. The molecule has 0 radical (unpaired) electrons. The molecular formula is C14H16ClFN2O3S. The van der Waals surface area contributed by atoms with Crippen LogP contribution in [-0.2, 0) is 9.84 Å². The Morgan fingerprint density at radius 1 is 1.32 bits per heavy atom. The Hall–Kier alpha value is -1.34. The quantitative estimate of drug-likeness (QED) is 0.887. The van der Waals surface area contributed by atoms with Crippen LogP contribution in [0, 0.1) is 5.82 Å². The van der Waals surface area contributed by atoms with Crippen molar-refractivity contribution in [3.05, 3.63) is 34.6 Å². The molecule has 0 unspecified atom stereocenters. The Balaban J connectivity index is 1.59. The molecule has 1 aliphatic heterocycles. The Labute approximate surface area is 133 Å². The second-order valence-electron chi connectivity index (χ2n) is 5.67. The van der Waals surface area contributed by atoms with Crippen LogP contribution in [0.25, 0.3) is 0 Å². The maximum atomic E-state index is 13.8. The van der Waals surface area contributed by atoms with Crippen molar-refractivity contribution in [2.75, 3.05) is 24.6 Å². The molecule has 2 amide bonds. The van der Waals surface area contributed by atoms with E-state index in [0.717, 1.165) is 0 Å². The third-order valence-electron chi connectivity index (χ3n) is 4.10. The van der Waals surface area contributed by atoms with Crippen molar-refractivity contribution in [2.45, 2.75) is 18.4 Å². The van der Waals surface area contributed by atoms with Crippen LogP contribution in [0.15, 0.2) is 18.2 Å². The fraction of sp³-hybridized carbons (Fsp3) is 0.500. The molecule has 0 spiro atoms. The van der Waals surface area contributed by atoms with Gasteiger partial charge in [0.05, 0.1) is 11.5 Å². The van der Waals surface area contributed by atoms with E-state index in [9.17, 15) is 17.6 Å². The predicted molar refractivity (Wildman–Crippen MR) is 81.3 cm³/mol. The number of halogens is 2. The number of hydrogen-bond acceptors (Lipinski definition) is 3. The SMILES string of the molecule is O=C(N[C@@H]1C[C@H]1c1c(F)cccc1Cl)N1CCS(=O)(=O)CC1. The Bertz CT molecular complexity index is 676. The van der Waals surface area contributed by atoms with E-state index in [1.54, 1.807) is 12.1 Å². The summed E-state index contributed by atoms with van der Waals surface area (Å²) in [6.07, 6.45) is 0.637. The first-order valence-corrected chi connectivity index (χ1v) is 9.27. The Morgan fingerprint density at radius 3 is 2.64 bits per heavy atom. The molecule has 8 heteroatoms. The number of sulfone groups is 1. The highest BCUT2D eigenvalue weighted by Gasteiger charge is 2.43. The summed E-state index contributed by atoms with van der Waals surface area (Å²) in [6, 6.07) is 4.08. The fourth-order valence-corrected chi connectivity index (χ4v) is 4.21. The van der Waals surface area contributed by atoms with Crippen LogP contribution >= 0.6 is 11.6 Å². The van der Waals surface area contributed by atoms with E-state index < -0.39 is 9.84 Å². The van der Waals surface area contributed by atoms with Crippen LogP contribution in [0.1, 0.15) is 17.9 Å². The van der Waals surface area contributed by atoms with Crippen molar-refractivity contribution in [1.82, 2.24) is 10.2 Å². The van der Waals surface area contributed by atoms with E-state index in [-0.39, 0.29) is 48.4 Å². The van der Waals surface area contributed by atoms with Crippen LogP contribution in [-0.4, -0.2) is 50.0 Å². The van der Waals surface area contributed by atoms with Crippen molar-refractivity contribution in [3.63, 3.8) is 0 Å². The molecule has 1 N–H and O–H groups in total. The van der Waals surface area contributed by atoms with Gasteiger partial charge in [-0.15, -0.1) is 0 Å². The van der Waals surface area contributed by atoms with Gasteiger partial charge in [0, 0.05) is 35.6 Å². The number of nitrogens with one attached hydrogen (secondary N) is 1. The molecule has 2 fully saturated rings. The number of nitrogens with zero attached hydrogens (tertiary/aromatic N) is 1. The molecule has 1 aromatic rings. The topological polar surface area (TPSA) is 66.5 Å². The number of benzene rings is 1. The van der Waals surface area contributed by atoms with Gasteiger partial charge in [-0.25, -0.2) is 17.6 Å². The molecule has 1 aromatic carbocycles. The molecule has 22 heavy (non-hydrogen) atoms. The smallest absolute Gasteiger partial charge is 0.317 e. The summed E-state index contributed by atoms with van der Waals surface area (Å²) in [5.41, 5.74) is 0.440. The molecule has 2 aliphatic rings. The van der Waals surface area contributed by atoms with E-state index in [2.05, 4.69) is 5.32 Å². The Kier molecular flexibility index (Phi) is 4.03. The summed E-state index contributed by atoms with van der Waals surface area (Å²) in [7, 11) is -3.02. The predicted octanol–water partition coefficient (Wildman–Crippen LogP) is 1.77. The van der Waals surface area contributed by atoms with Gasteiger partial charge in [0.25, 0.3) is 0 Å². The molecule has 1 aliphatic carbocycles. The number of hydrogen-bond donors (Lipinski definition) is 1. The van der Waals surface area contributed by atoms with Crippen molar-refractivity contribution in [2.24, 2.45) is 0 Å². The lowest BCUT2D eigenvalue weighted by atomic mass is 10.1. The molecular weight excluding hydrogens is 331 g/mol. The maximum absolute atomic E-state index is 13.8. The molecule has 1 saturated carbocycles. The number of amides is 2. The van der Waals surface area contributed by atoms with Crippen LogP contribution in [0.2, 0.25) is 5.02 Å². The fourth-order valence-electron chi connectivity index (χ4n) is 2.70. The largest absolute Gasteiger partial charge is 0.335 e. The zero-order chi connectivity index (χ0) is 15.9. The minimum Gasteiger partial charge on any atom is -0.335 e. The summed E-state index contributed by atoms with van der Waals surface area (Å²) in [4.78, 5) is 13.6. The van der Waals surface area contributed by atoms with Crippen molar-refractivity contribution >= 4 is 27.5 Å². The average Bonchev–Trinajstić information content (AvgIpc) is 3.17. The molecule has 3 rings (SSSR count). The lowest BCUT2D eigenvalue weighted by Gasteiger charge is -2.27.